The number of carbonyl (C=O) groups is 1. The van der Waals surface area contributed by atoms with E-state index in [0.717, 1.165) is 5.56 Å². The molecule has 0 radical (unpaired) electrons. The Morgan fingerprint density at radius 1 is 1.11 bits per heavy atom. The predicted octanol–water partition coefficient (Wildman–Crippen LogP) is 1.74. The van der Waals surface area contributed by atoms with Crippen molar-refractivity contribution in [2.24, 2.45) is 0 Å². The number of methoxy groups -OCH3 is 3. The van der Waals surface area contributed by atoms with E-state index in [4.69, 9.17) is 14.2 Å². The molecule has 0 unspecified atom stereocenters. The molecule has 0 atom stereocenters. The van der Waals surface area contributed by atoms with Crippen LogP contribution in [0.2, 0.25) is 0 Å². The lowest BCUT2D eigenvalue weighted by atomic mass is 10.1. The molecule has 0 aliphatic carbocycles. The summed E-state index contributed by atoms with van der Waals surface area (Å²) < 4.78 is 15.7. The summed E-state index contributed by atoms with van der Waals surface area (Å²) in [5.41, 5.74) is 0.794. The first kappa shape index (κ1) is 14.2. The number of carbonyl (C=O) groups excluding carboxylic acids is 1. The van der Waals surface area contributed by atoms with E-state index in [-0.39, 0.29) is 5.91 Å². The smallest absolute Gasteiger partial charge is 0.219 e. The molecular formula is C13H19NO4. The molecule has 18 heavy (non-hydrogen) atoms. The molecule has 0 heterocycles. The molecule has 5 nitrogen and oxygen atoms in total. The van der Waals surface area contributed by atoms with Crippen LogP contribution < -0.4 is 19.5 Å². The Hall–Kier alpha value is -1.91. The molecule has 0 aliphatic heterocycles. The normalized spacial score (nSPS) is 9.78. The van der Waals surface area contributed by atoms with Crippen molar-refractivity contribution in [3.63, 3.8) is 0 Å². The van der Waals surface area contributed by atoms with Gasteiger partial charge in [-0.3, -0.25) is 4.79 Å². The maximum Gasteiger partial charge on any atom is 0.219 e. The number of nitrogens with one attached hydrogen (secondary N) is 1. The second-order valence-electron chi connectivity index (χ2n) is 3.64. The maximum absolute atomic E-state index is 11.3. The van der Waals surface area contributed by atoms with E-state index < -0.39 is 0 Å². The molecule has 1 aromatic carbocycles. The van der Waals surface area contributed by atoms with Crippen LogP contribution in [0, 0.1) is 0 Å². The van der Waals surface area contributed by atoms with Crippen molar-refractivity contribution < 1.29 is 19.0 Å². The molecule has 0 spiro atoms. The van der Waals surface area contributed by atoms with Gasteiger partial charge in [-0.2, -0.15) is 0 Å². The zero-order valence-electron chi connectivity index (χ0n) is 11.2. The van der Waals surface area contributed by atoms with E-state index in [9.17, 15) is 4.79 Å². The van der Waals surface area contributed by atoms with Gasteiger partial charge in [0.05, 0.1) is 33.4 Å². The summed E-state index contributed by atoms with van der Waals surface area (Å²) >= 11 is 0. The first-order valence-corrected chi connectivity index (χ1v) is 5.71. The molecule has 5 heteroatoms. The molecule has 0 saturated carbocycles. The van der Waals surface area contributed by atoms with Crippen molar-refractivity contribution in [3.8, 4) is 17.2 Å². The van der Waals surface area contributed by atoms with Crippen molar-refractivity contribution in [1.29, 1.82) is 0 Å². The lowest BCUT2D eigenvalue weighted by molar-refractivity contribution is -0.120. The minimum atomic E-state index is -0.0186. The van der Waals surface area contributed by atoms with Crippen LogP contribution in [-0.4, -0.2) is 27.2 Å². The van der Waals surface area contributed by atoms with Gasteiger partial charge < -0.3 is 19.5 Å². The van der Waals surface area contributed by atoms with E-state index in [1.54, 1.807) is 40.4 Å². The Morgan fingerprint density at radius 2 is 1.67 bits per heavy atom. The summed E-state index contributed by atoms with van der Waals surface area (Å²) in [6, 6.07) is 3.52. The second-order valence-corrected chi connectivity index (χ2v) is 3.64. The number of hydrogen-bond donors (Lipinski definition) is 1. The van der Waals surface area contributed by atoms with Crippen molar-refractivity contribution >= 4 is 5.91 Å². The molecule has 0 bridgehead atoms. The third kappa shape index (κ3) is 3.29. The number of benzene rings is 1. The summed E-state index contributed by atoms with van der Waals surface area (Å²) in [7, 11) is 4.71. The number of rotatable bonds is 6. The average Bonchev–Trinajstić information content (AvgIpc) is 2.43. The van der Waals surface area contributed by atoms with Crippen LogP contribution in [0.3, 0.4) is 0 Å². The van der Waals surface area contributed by atoms with E-state index in [1.807, 2.05) is 0 Å². The van der Waals surface area contributed by atoms with E-state index in [2.05, 4.69) is 5.32 Å². The van der Waals surface area contributed by atoms with Crippen LogP contribution in [0.5, 0.6) is 17.2 Å². The molecular weight excluding hydrogens is 234 g/mol. The van der Waals surface area contributed by atoms with E-state index >= 15 is 0 Å². The lowest BCUT2D eigenvalue weighted by Crippen LogP contribution is -2.22. The first-order chi connectivity index (χ1) is 8.65. The SMILES string of the molecule is CCC(=O)NCc1c(OC)cc(OC)cc1OC. The van der Waals surface area contributed by atoms with Crippen LogP contribution in [-0.2, 0) is 11.3 Å². The quantitative estimate of drug-likeness (QED) is 0.839. The summed E-state index contributed by atoms with van der Waals surface area (Å²) in [5.74, 6) is 1.88. The van der Waals surface area contributed by atoms with Crippen molar-refractivity contribution in [1.82, 2.24) is 5.32 Å². The molecule has 0 aromatic heterocycles. The van der Waals surface area contributed by atoms with Gasteiger partial charge in [-0.15, -0.1) is 0 Å². The summed E-state index contributed by atoms with van der Waals surface area (Å²) in [5, 5.41) is 2.80. The van der Waals surface area contributed by atoms with Gasteiger partial charge in [0.25, 0.3) is 0 Å². The van der Waals surface area contributed by atoms with Crippen LogP contribution in [0.4, 0.5) is 0 Å². The van der Waals surface area contributed by atoms with E-state index in [1.165, 1.54) is 0 Å². The minimum Gasteiger partial charge on any atom is -0.496 e. The van der Waals surface area contributed by atoms with Gasteiger partial charge in [0.15, 0.2) is 0 Å². The summed E-state index contributed by atoms with van der Waals surface area (Å²) in [6.45, 7) is 2.17. The third-order valence-corrected chi connectivity index (χ3v) is 2.60. The van der Waals surface area contributed by atoms with Gasteiger partial charge in [0.2, 0.25) is 5.91 Å². The molecule has 1 N–H and O–H groups in total. The topological polar surface area (TPSA) is 56.8 Å². The number of hydrogen-bond acceptors (Lipinski definition) is 4. The van der Waals surface area contributed by atoms with Gasteiger partial charge in [-0.25, -0.2) is 0 Å². The predicted molar refractivity (Wildman–Crippen MR) is 68.2 cm³/mol. The first-order valence-electron chi connectivity index (χ1n) is 5.71. The maximum atomic E-state index is 11.3. The minimum absolute atomic E-state index is 0.0186. The Morgan fingerprint density at radius 3 is 2.06 bits per heavy atom. The van der Waals surface area contributed by atoms with Gasteiger partial charge in [-0.1, -0.05) is 6.92 Å². The molecule has 0 aliphatic rings. The Kier molecular flexibility index (Phi) is 5.30. The third-order valence-electron chi connectivity index (χ3n) is 2.60. The van der Waals surface area contributed by atoms with Gasteiger partial charge in [-0.05, 0) is 0 Å². The molecule has 1 amide bonds. The Balaban J connectivity index is 3.03. The molecule has 1 aromatic rings. The average molecular weight is 253 g/mol. The van der Waals surface area contributed by atoms with Gasteiger partial charge in [0.1, 0.15) is 17.2 Å². The molecule has 1 rings (SSSR count). The molecule has 0 saturated heterocycles. The zero-order valence-corrected chi connectivity index (χ0v) is 11.2. The highest BCUT2D eigenvalue weighted by Crippen LogP contribution is 2.33. The van der Waals surface area contributed by atoms with Crippen LogP contribution >= 0.6 is 0 Å². The van der Waals surface area contributed by atoms with Gasteiger partial charge in [0, 0.05) is 18.6 Å². The van der Waals surface area contributed by atoms with Gasteiger partial charge >= 0.3 is 0 Å². The fourth-order valence-electron chi connectivity index (χ4n) is 1.56. The monoisotopic (exact) mass is 253 g/mol. The van der Waals surface area contributed by atoms with Crippen LogP contribution in [0.15, 0.2) is 12.1 Å². The molecule has 0 fully saturated rings. The van der Waals surface area contributed by atoms with Crippen LogP contribution in [0.25, 0.3) is 0 Å². The molecule has 100 valence electrons. The second kappa shape index (κ2) is 6.74. The zero-order chi connectivity index (χ0) is 13.5. The fraction of sp³-hybridized carbons (Fsp3) is 0.462. The standard InChI is InChI=1S/C13H19NO4/c1-5-13(15)14-8-10-11(17-3)6-9(16-2)7-12(10)18-4/h6-7H,5,8H2,1-4H3,(H,14,15). The lowest BCUT2D eigenvalue weighted by Gasteiger charge is -2.15. The van der Waals surface area contributed by atoms with Crippen molar-refractivity contribution in [2.45, 2.75) is 19.9 Å². The van der Waals surface area contributed by atoms with Crippen molar-refractivity contribution in [2.75, 3.05) is 21.3 Å². The largest absolute Gasteiger partial charge is 0.496 e. The summed E-state index contributed by atoms with van der Waals surface area (Å²) in [6.07, 6.45) is 0.445. The Bertz CT molecular complexity index is 392. The highest BCUT2D eigenvalue weighted by molar-refractivity contribution is 5.75. The highest BCUT2D eigenvalue weighted by atomic mass is 16.5. The number of ether oxygens (including phenoxy) is 3. The highest BCUT2D eigenvalue weighted by Gasteiger charge is 2.13. The Labute approximate surface area is 107 Å². The van der Waals surface area contributed by atoms with Crippen LogP contribution in [0.1, 0.15) is 18.9 Å². The number of amides is 1. The fourth-order valence-corrected chi connectivity index (χ4v) is 1.56. The van der Waals surface area contributed by atoms with E-state index in [0.29, 0.717) is 30.2 Å². The van der Waals surface area contributed by atoms with Crippen molar-refractivity contribution in [3.05, 3.63) is 17.7 Å². The summed E-state index contributed by atoms with van der Waals surface area (Å²) in [4.78, 5) is 11.3.